The SMILES string of the molecule is CCC(NC(=O)CCCCN)C(=O)O. The number of hydrogen-bond acceptors (Lipinski definition) is 3. The van der Waals surface area contributed by atoms with Gasteiger partial charge in [-0.3, -0.25) is 4.79 Å². The van der Waals surface area contributed by atoms with Crippen LogP contribution in [0, 0.1) is 0 Å². The number of rotatable bonds is 7. The molecule has 0 saturated heterocycles. The first-order valence-electron chi connectivity index (χ1n) is 4.84. The van der Waals surface area contributed by atoms with Gasteiger partial charge in [-0.05, 0) is 25.8 Å². The second kappa shape index (κ2) is 7.32. The standard InChI is InChI=1S/C9H18N2O3/c1-2-7(9(13)14)11-8(12)5-3-4-6-10/h7H,2-6,10H2,1H3,(H,11,12)(H,13,14). The van der Waals surface area contributed by atoms with E-state index in [0.717, 1.165) is 6.42 Å². The summed E-state index contributed by atoms with van der Waals surface area (Å²) in [5.74, 6) is -1.20. The molecule has 1 unspecified atom stereocenters. The van der Waals surface area contributed by atoms with Gasteiger partial charge < -0.3 is 16.2 Å². The molecule has 0 aromatic carbocycles. The van der Waals surface area contributed by atoms with Gasteiger partial charge in [0.05, 0.1) is 0 Å². The number of amides is 1. The monoisotopic (exact) mass is 202 g/mol. The van der Waals surface area contributed by atoms with Gasteiger partial charge in [-0.2, -0.15) is 0 Å². The molecule has 0 fully saturated rings. The lowest BCUT2D eigenvalue weighted by molar-refractivity contribution is -0.141. The van der Waals surface area contributed by atoms with Gasteiger partial charge in [-0.25, -0.2) is 4.79 Å². The zero-order valence-corrected chi connectivity index (χ0v) is 8.45. The molecular weight excluding hydrogens is 184 g/mol. The van der Waals surface area contributed by atoms with Crippen molar-refractivity contribution in [1.82, 2.24) is 5.32 Å². The molecule has 1 amide bonds. The lowest BCUT2D eigenvalue weighted by atomic mass is 10.2. The molecule has 0 aliphatic carbocycles. The van der Waals surface area contributed by atoms with Crippen molar-refractivity contribution < 1.29 is 14.7 Å². The van der Waals surface area contributed by atoms with Crippen LogP contribution >= 0.6 is 0 Å². The molecular formula is C9H18N2O3. The number of carboxylic acid groups (broad SMARTS) is 1. The predicted molar refractivity (Wildman–Crippen MR) is 52.8 cm³/mol. The number of aliphatic carboxylic acids is 1. The summed E-state index contributed by atoms with van der Waals surface area (Å²) in [6.45, 7) is 2.28. The molecule has 0 bridgehead atoms. The normalized spacial score (nSPS) is 12.1. The fourth-order valence-corrected chi connectivity index (χ4v) is 1.03. The second-order valence-corrected chi connectivity index (χ2v) is 3.11. The first-order valence-corrected chi connectivity index (χ1v) is 4.84. The third-order valence-corrected chi connectivity index (χ3v) is 1.90. The smallest absolute Gasteiger partial charge is 0.326 e. The third-order valence-electron chi connectivity index (χ3n) is 1.90. The summed E-state index contributed by atoms with van der Waals surface area (Å²) >= 11 is 0. The largest absolute Gasteiger partial charge is 0.480 e. The van der Waals surface area contributed by atoms with E-state index >= 15 is 0 Å². The Kier molecular flexibility index (Phi) is 6.74. The Labute approximate surface area is 83.7 Å². The maximum Gasteiger partial charge on any atom is 0.326 e. The Morgan fingerprint density at radius 1 is 1.43 bits per heavy atom. The molecule has 0 rings (SSSR count). The molecule has 5 nitrogen and oxygen atoms in total. The Morgan fingerprint density at radius 3 is 2.50 bits per heavy atom. The van der Waals surface area contributed by atoms with Gasteiger partial charge in [0, 0.05) is 6.42 Å². The fraction of sp³-hybridized carbons (Fsp3) is 0.778. The molecule has 14 heavy (non-hydrogen) atoms. The minimum absolute atomic E-state index is 0.215. The number of unbranched alkanes of at least 4 members (excludes halogenated alkanes) is 1. The third kappa shape index (κ3) is 5.53. The molecule has 0 aromatic heterocycles. The van der Waals surface area contributed by atoms with Crippen molar-refractivity contribution in [3.05, 3.63) is 0 Å². The van der Waals surface area contributed by atoms with Gasteiger partial charge >= 0.3 is 5.97 Å². The molecule has 0 aromatic rings. The molecule has 0 spiro atoms. The van der Waals surface area contributed by atoms with Crippen LogP contribution in [0.15, 0.2) is 0 Å². The van der Waals surface area contributed by atoms with E-state index in [-0.39, 0.29) is 5.91 Å². The highest BCUT2D eigenvalue weighted by atomic mass is 16.4. The molecule has 0 aliphatic rings. The summed E-state index contributed by atoms with van der Waals surface area (Å²) in [5.41, 5.74) is 5.26. The lowest BCUT2D eigenvalue weighted by Gasteiger charge is -2.11. The van der Waals surface area contributed by atoms with E-state index < -0.39 is 12.0 Å². The van der Waals surface area contributed by atoms with Crippen LogP contribution in [0.3, 0.4) is 0 Å². The topological polar surface area (TPSA) is 92.4 Å². The molecule has 0 radical (unpaired) electrons. The zero-order valence-electron chi connectivity index (χ0n) is 8.45. The van der Waals surface area contributed by atoms with E-state index in [1.807, 2.05) is 0 Å². The van der Waals surface area contributed by atoms with Crippen LogP contribution in [0.4, 0.5) is 0 Å². The van der Waals surface area contributed by atoms with Crippen LogP contribution < -0.4 is 11.1 Å². The van der Waals surface area contributed by atoms with Crippen LogP contribution in [0.5, 0.6) is 0 Å². The Hall–Kier alpha value is -1.10. The van der Waals surface area contributed by atoms with Crippen molar-refractivity contribution >= 4 is 11.9 Å². The molecule has 0 saturated carbocycles. The van der Waals surface area contributed by atoms with Crippen molar-refractivity contribution in [3.8, 4) is 0 Å². The summed E-state index contributed by atoms with van der Waals surface area (Å²) in [4.78, 5) is 21.7. The number of hydrogen-bond donors (Lipinski definition) is 3. The van der Waals surface area contributed by atoms with Crippen molar-refractivity contribution in [1.29, 1.82) is 0 Å². The molecule has 0 heterocycles. The van der Waals surface area contributed by atoms with Crippen molar-refractivity contribution in [2.45, 2.75) is 38.6 Å². The molecule has 82 valence electrons. The van der Waals surface area contributed by atoms with Crippen LogP contribution in [-0.2, 0) is 9.59 Å². The first kappa shape index (κ1) is 12.9. The van der Waals surface area contributed by atoms with Crippen molar-refractivity contribution in [2.75, 3.05) is 6.54 Å². The average molecular weight is 202 g/mol. The Bertz CT molecular complexity index is 194. The fourth-order valence-electron chi connectivity index (χ4n) is 1.03. The van der Waals surface area contributed by atoms with Crippen LogP contribution in [0.25, 0.3) is 0 Å². The highest BCUT2D eigenvalue weighted by Gasteiger charge is 2.16. The summed E-state index contributed by atoms with van der Waals surface area (Å²) in [6, 6.07) is -0.764. The number of nitrogens with one attached hydrogen (secondary N) is 1. The first-order chi connectivity index (χ1) is 6.61. The maximum absolute atomic E-state index is 11.2. The summed E-state index contributed by atoms with van der Waals surface area (Å²) < 4.78 is 0. The van der Waals surface area contributed by atoms with E-state index in [0.29, 0.717) is 25.8 Å². The summed E-state index contributed by atoms with van der Waals surface area (Å²) in [6.07, 6.45) is 2.24. The quantitative estimate of drug-likeness (QED) is 0.510. The van der Waals surface area contributed by atoms with Crippen LogP contribution in [-0.4, -0.2) is 29.6 Å². The number of nitrogens with two attached hydrogens (primary N) is 1. The van der Waals surface area contributed by atoms with Crippen molar-refractivity contribution in [2.24, 2.45) is 5.73 Å². The van der Waals surface area contributed by atoms with E-state index in [1.54, 1.807) is 6.92 Å². The number of carbonyl (C=O) groups excluding carboxylic acids is 1. The van der Waals surface area contributed by atoms with E-state index in [9.17, 15) is 9.59 Å². The van der Waals surface area contributed by atoms with Gasteiger partial charge in [0.1, 0.15) is 6.04 Å². The maximum atomic E-state index is 11.2. The second-order valence-electron chi connectivity index (χ2n) is 3.11. The van der Waals surface area contributed by atoms with E-state index in [1.165, 1.54) is 0 Å². The van der Waals surface area contributed by atoms with Crippen molar-refractivity contribution in [3.63, 3.8) is 0 Å². The minimum atomic E-state index is -0.986. The van der Waals surface area contributed by atoms with E-state index in [2.05, 4.69) is 5.32 Å². The van der Waals surface area contributed by atoms with Crippen LogP contribution in [0.2, 0.25) is 0 Å². The molecule has 5 heteroatoms. The number of carbonyl (C=O) groups is 2. The van der Waals surface area contributed by atoms with Gasteiger partial charge in [0.25, 0.3) is 0 Å². The molecule has 1 atom stereocenters. The Balaban J connectivity index is 3.74. The van der Waals surface area contributed by atoms with Gasteiger partial charge in [-0.1, -0.05) is 6.92 Å². The Morgan fingerprint density at radius 2 is 2.07 bits per heavy atom. The number of carboxylic acids is 1. The molecule has 0 aliphatic heterocycles. The van der Waals surface area contributed by atoms with Gasteiger partial charge in [0.15, 0.2) is 0 Å². The zero-order chi connectivity index (χ0) is 11.0. The van der Waals surface area contributed by atoms with Gasteiger partial charge in [-0.15, -0.1) is 0 Å². The summed E-state index contributed by atoms with van der Waals surface area (Å²) in [7, 11) is 0. The van der Waals surface area contributed by atoms with Gasteiger partial charge in [0.2, 0.25) is 5.91 Å². The lowest BCUT2D eigenvalue weighted by Crippen LogP contribution is -2.40. The average Bonchev–Trinajstić information content (AvgIpc) is 2.14. The molecule has 4 N–H and O–H groups in total. The predicted octanol–water partition coefficient (Wildman–Crippen LogP) is 0.0948. The minimum Gasteiger partial charge on any atom is -0.480 e. The van der Waals surface area contributed by atoms with Crippen LogP contribution in [0.1, 0.15) is 32.6 Å². The highest BCUT2D eigenvalue weighted by molar-refractivity contribution is 5.83. The summed E-state index contributed by atoms with van der Waals surface area (Å²) in [5, 5.41) is 11.1. The van der Waals surface area contributed by atoms with E-state index in [4.69, 9.17) is 10.8 Å². The highest BCUT2D eigenvalue weighted by Crippen LogP contribution is 1.96.